The molecule has 4 atom stereocenters. The smallest absolute Gasteiger partial charge is 0.407 e. The number of benzene rings is 1. The monoisotopic (exact) mass is 549 g/mol. The minimum atomic E-state index is -1.04. The van der Waals surface area contributed by atoms with Crippen molar-refractivity contribution in [2.45, 2.75) is 78.6 Å². The number of alkyl carbamates (subject to hydrolysis) is 1. The second kappa shape index (κ2) is 16.2. The Balaban J connectivity index is 2.98. The number of ether oxygens (including phenoxy) is 2. The number of primary amides is 1. The molecule has 0 saturated heterocycles. The van der Waals surface area contributed by atoms with Crippen LogP contribution >= 0.6 is 0 Å². The van der Waals surface area contributed by atoms with Crippen molar-refractivity contribution in [2.24, 2.45) is 17.6 Å². The SMILES string of the molecule is CCOC(=O)N[C@H](Cc1ccc(OC)cc1)C(=O)N[C@H](C(=O)N[C@@H](C)C(=O)N[C@@H](CC(C)C)C(N)=O)C(C)C. The molecular formula is C27H43N5O7. The molecule has 12 nitrogen and oxygen atoms in total. The molecule has 5 amide bonds. The first-order valence-corrected chi connectivity index (χ1v) is 13.1. The van der Waals surface area contributed by atoms with Gasteiger partial charge in [0, 0.05) is 6.42 Å². The summed E-state index contributed by atoms with van der Waals surface area (Å²) in [5, 5.41) is 10.4. The molecule has 0 aromatic heterocycles. The molecule has 0 bridgehead atoms. The van der Waals surface area contributed by atoms with E-state index in [4.69, 9.17) is 15.2 Å². The Morgan fingerprint density at radius 1 is 0.821 bits per heavy atom. The number of carbonyl (C=O) groups excluding carboxylic acids is 5. The van der Waals surface area contributed by atoms with Crippen LogP contribution in [0, 0.1) is 11.8 Å². The Morgan fingerprint density at radius 2 is 1.44 bits per heavy atom. The van der Waals surface area contributed by atoms with Gasteiger partial charge >= 0.3 is 6.09 Å². The molecule has 0 radical (unpaired) electrons. The minimum Gasteiger partial charge on any atom is -0.497 e. The molecule has 1 aromatic rings. The second-order valence-electron chi connectivity index (χ2n) is 10.0. The van der Waals surface area contributed by atoms with E-state index in [2.05, 4.69) is 21.3 Å². The predicted molar refractivity (Wildman–Crippen MR) is 146 cm³/mol. The fourth-order valence-corrected chi connectivity index (χ4v) is 3.69. The number of methoxy groups -OCH3 is 1. The van der Waals surface area contributed by atoms with Crippen LogP contribution in [0.4, 0.5) is 4.79 Å². The molecule has 0 saturated carbocycles. The maximum atomic E-state index is 13.3. The van der Waals surface area contributed by atoms with Crippen LogP contribution in [0.2, 0.25) is 0 Å². The summed E-state index contributed by atoms with van der Waals surface area (Å²) in [5.74, 6) is -2.05. The topological polar surface area (TPSA) is 178 Å². The van der Waals surface area contributed by atoms with Gasteiger partial charge in [-0.2, -0.15) is 0 Å². The lowest BCUT2D eigenvalue weighted by Gasteiger charge is -2.27. The Hall–Kier alpha value is -3.83. The summed E-state index contributed by atoms with van der Waals surface area (Å²) in [4.78, 5) is 62.8. The molecule has 1 rings (SSSR count). The standard InChI is InChI=1S/C27H43N5O7/c1-8-39-27(37)31-21(14-18-9-11-19(38-7)12-10-18)25(35)32-22(16(4)5)26(36)29-17(6)24(34)30-20(23(28)33)13-15(2)3/h9-12,15-17,20-22H,8,13-14H2,1-7H3,(H2,28,33)(H,29,36)(H,30,34)(H,31,37)(H,32,35)/t17-,20-,21+,22-/m0/s1. The van der Waals surface area contributed by atoms with E-state index in [1.54, 1.807) is 45.0 Å². The molecule has 0 aliphatic carbocycles. The Labute approximate surface area is 230 Å². The first-order valence-electron chi connectivity index (χ1n) is 13.1. The van der Waals surface area contributed by atoms with Crippen LogP contribution in [0.1, 0.15) is 53.5 Å². The predicted octanol–water partition coefficient (Wildman–Crippen LogP) is 1.01. The maximum absolute atomic E-state index is 13.3. The van der Waals surface area contributed by atoms with Gasteiger partial charge in [0.15, 0.2) is 0 Å². The lowest BCUT2D eigenvalue weighted by Crippen LogP contribution is -2.59. The van der Waals surface area contributed by atoms with Crippen LogP contribution in [-0.2, 0) is 30.3 Å². The summed E-state index contributed by atoms with van der Waals surface area (Å²) in [6.07, 6.45) is -0.285. The zero-order valence-corrected chi connectivity index (χ0v) is 23.8. The highest BCUT2D eigenvalue weighted by atomic mass is 16.5. The average molecular weight is 550 g/mol. The molecule has 1 aromatic carbocycles. The highest BCUT2D eigenvalue weighted by Gasteiger charge is 2.31. The van der Waals surface area contributed by atoms with Crippen molar-refractivity contribution in [3.05, 3.63) is 29.8 Å². The van der Waals surface area contributed by atoms with E-state index in [0.29, 0.717) is 12.2 Å². The molecule has 218 valence electrons. The summed E-state index contributed by atoms with van der Waals surface area (Å²) in [6, 6.07) is 3.06. The molecule has 0 spiro atoms. The number of nitrogens with one attached hydrogen (secondary N) is 4. The molecule has 0 heterocycles. The van der Waals surface area contributed by atoms with E-state index < -0.39 is 53.9 Å². The molecule has 0 fully saturated rings. The normalized spacial score (nSPS) is 14.0. The second-order valence-corrected chi connectivity index (χ2v) is 10.0. The Bertz CT molecular complexity index is 981. The van der Waals surface area contributed by atoms with Crippen LogP contribution < -0.4 is 31.7 Å². The van der Waals surface area contributed by atoms with E-state index in [0.717, 1.165) is 5.56 Å². The zero-order chi connectivity index (χ0) is 29.7. The molecule has 12 heteroatoms. The molecule has 6 N–H and O–H groups in total. The molecular weight excluding hydrogens is 506 g/mol. The van der Waals surface area contributed by atoms with Gasteiger partial charge in [-0.25, -0.2) is 4.79 Å². The van der Waals surface area contributed by atoms with Gasteiger partial charge < -0.3 is 36.5 Å². The van der Waals surface area contributed by atoms with Gasteiger partial charge in [0.25, 0.3) is 0 Å². The summed E-state index contributed by atoms with van der Waals surface area (Å²) < 4.78 is 10.1. The van der Waals surface area contributed by atoms with Gasteiger partial charge in [-0.1, -0.05) is 39.8 Å². The number of rotatable bonds is 15. The van der Waals surface area contributed by atoms with Crippen molar-refractivity contribution in [1.82, 2.24) is 21.3 Å². The van der Waals surface area contributed by atoms with Gasteiger partial charge in [-0.3, -0.25) is 19.2 Å². The molecule has 0 unspecified atom stereocenters. The highest BCUT2D eigenvalue weighted by Crippen LogP contribution is 2.14. The molecule has 0 aliphatic rings. The number of hydrogen-bond donors (Lipinski definition) is 5. The van der Waals surface area contributed by atoms with Crippen molar-refractivity contribution in [1.29, 1.82) is 0 Å². The van der Waals surface area contributed by atoms with Crippen molar-refractivity contribution in [3.63, 3.8) is 0 Å². The third-order valence-electron chi connectivity index (χ3n) is 5.85. The Kier molecular flexibility index (Phi) is 13.8. The number of amides is 5. The average Bonchev–Trinajstić information content (AvgIpc) is 2.86. The van der Waals surface area contributed by atoms with Crippen LogP contribution in [0.15, 0.2) is 24.3 Å². The van der Waals surface area contributed by atoms with Gasteiger partial charge in [0.05, 0.1) is 13.7 Å². The van der Waals surface area contributed by atoms with Gasteiger partial charge in [0.1, 0.15) is 29.9 Å². The van der Waals surface area contributed by atoms with E-state index in [-0.39, 0.29) is 24.9 Å². The van der Waals surface area contributed by atoms with Gasteiger partial charge in [0.2, 0.25) is 23.6 Å². The van der Waals surface area contributed by atoms with Crippen LogP contribution in [-0.4, -0.2) is 67.6 Å². The lowest BCUT2D eigenvalue weighted by molar-refractivity contribution is -0.134. The van der Waals surface area contributed by atoms with E-state index >= 15 is 0 Å². The van der Waals surface area contributed by atoms with Crippen molar-refractivity contribution < 1.29 is 33.4 Å². The molecule has 0 aliphatic heterocycles. The first kappa shape index (κ1) is 33.2. The van der Waals surface area contributed by atoms with Gasteiger partial charge in [-0.15, -0.1) is 0 Å². The minimum absolute atomic E-state index is 0.113. The van der Waals surface area contributed by atoms with Crippen molar-refractivity contribution in [3.8, 4) is 5.75 Å². The van der Waals surface area contributed by atoms with Crippen molar-refractivity contribution in [2.75, 3.05) is 13.7 Å². The maximum Gasteiger partial charge on any atom is 0.407 e. The summed E-state index contributed by atoms with van der Waals surface area (Å²) in [7, 11) is 1.54. The van der Waals surface area contributed by atoms with E-state index in [1.807, 2.05) is 13.8 Å². The summed E-state index contributed by atoms with van der Waals surface area (Å²) in [5.41, 5.74) is 6.14. The quantitative estimate of drug-likeness (QED) is 0.217. The lowest BCUT2D eigenvalue weighted by atomic mass is 10.0. The number of nitrogens with two attached hydrogens (primary N) is 1. The van der Waals surface area contributed by atoms with Crippen LogP contribution in [0.25, 0.3) is 0 Å². The van der Waals surface area contributed by atoms with E-state index in [9.17, 15) is 24.0 Å². The Morgan fingerprint density at radius 3 is 1.92 bits per heavy atom. The fraction of sp³-hybridized carbons (Fsp3) is 0.593. The summed E-state index contributed by atoms with van der Waals surface area (Å²) in [6.45, 7) is 10.5. The van der Waals surface area contributed by atoms with Crippen molar-refractivity contribution >= 4 is 29.7 Å². The van der Waals surface area contributed by atoms with Gasteiger partial charge in [-0.05, 0) is 49.8 Å². The van der Waals surface area contributed by atoms with E-state index in [1.165, 1.54) is 14.0 Å². The largest absolute Gasteiger partial charge is 0.497 e. The third kappa shape index (κ3) is 11.6. The number of hydrogen-bond acceptors (Lipinski definition) is 7. The fourth-order valence-electron chi connectivity index (χ4n) is 3.69. The number of carbonyl (C=O) groups is 5. The summed E-state index contributed by atoms with van der Waals surface area (Å²) >= 11 is 0. The first-order chi connectivity index (χ1) is 18.3. The van der Waals surface area contributed by atoms with Crippen LogP contribution in [0.5, 0.6) is 5.75 Å². The van der Waals surface area contributed by atoms with Crippen LogP contribution in [0.3, 0.4) is 0 Å². The molecule has 39 heavy (non-hydrogen) atoms. The third-order valence-corrected chi connectivity index (χ3v) is 5.85. The highest BCUT2D eigenvalue weighted by molar-refractivity contribution is 5.95. The zero-order valence-electron chi connectivity index (χ0n) is 23.8.